The van der Waals surface area contributed by atoms with Gasteiger partial charge in [0.1, 0.15) is 5.69 Å². The number of aryl methyl sites for hydroxylation is 1. The summed E-state index contributed by atoms with van der Waals surface area (Å²) >= 11 is 3.15. The molecule has 0 spiro atoms. The largest absolute Gasteiger partial charge is 0.319 e. The summed E-state index contributed by atoms with van der Waals surface area (Å²) in [6.07, 6.45) is -2.65. The van der Waals surface area contributed by atoms with Gasteiger partial charge in [-0.1, -0.05) is 22.0 Å². The number of aromatic amines is 1. The van der Waals surface area contributed by atoms with Crippen LogP contribution >= 0.6 is 15.9 Å². The summed E-state index contributed by atoms with van der Waals surface area (Å²) in [5.41, 5.74) is 0.614. The highest BCUT2D eigenvalue weighted by molar-refractivity contribution is 9.08. The number of hydrogen-bond acceptors (Lipinski definition) is 2. The summed E-state index contributed by atoms with van der Waals surface area (Å²) in [7, 11) is 0. The first-order chi connectivity index (χ1) is 8.04. The average Bonchev–Trinajstić information content (AvgIpc) is 2.29. The molecule has 17 heavy (non-hydrogen) atoms. The molecule has 0 saturated carbocycles. The van der Waals surface area contributed by atoms with E-state index in [9.17, 15) is 13.6 Å². The Balaban J connectivity index is 2.89. The number of hydrogen-bond donors (Lipinski definition) is 1. The van der Waals surface area contributed by atoms with Gasteiger partial charge in [0.15, 0.2) is 0 Å². The van der Waals surface area contributed by atoms with Gasteiger partial charge in [-0.25, -0.2) is 13.8 Å². The summed E-state index contributed by atoms with van der Waals surface area (Å²) in [5.74, 6) is 0. The highest BCUT2D eigenvalue weighted by Crippen LogP contribution is 2.30. The van der Waals surface area contributed by atoms with Crippen LogP contribution in [0.15, 0.2) is 16.9 Å². The maximum atomic E-state index is 13.0. The van der Waals surface area contributed by atoms with Crippen molar-refractivity contribution in [2.24, 2.45) is 0 Å². The molecule has 1 heterocycles. The van der Waals surface area contributed by atoms with E-state index in [2.05, 4.69) is 25.9 Å². The number of alkyl halides is 3. The van der Waals surface area contributed by atoms with Crippen molar-refractivity contribution in [1.82, 2.24) is 9.97 Å². The first-order valence-corrected chi connectivity index (χ1v) is 6.03. The lowest BCUT2D eigenvalue weighted by molar-refractivity contribution is 0.152. The minimum Gasteiger partial charge on any atom is -0.319 e. The molecule has 3 nitrogen and oxygen atoms in total. The number of H-pyrrole nitrogens is 1. The summed E-state index contributed by atoms with van der Waals surface area (Å²) in [5, 5.41) is 0.304. The normalized spacial score (nSPS) is 11.4. The van der Waals surface area contributed by atoms with Crippen LogP contribution in [0.25, 0.3) is 11.0 Å². The second-order valence-corrected chi connectivity index (χ2v) is 4.18. The van der Waals surface area contributed by atoms with Crippen molar-refractivity contribution in [3.8, 4) is 0 Å². The molecule has 1 N–H and O–H groups in total. The molecule has 0 atom stereocenters. The van der Waals surface area contributed by atoms with E-state index in [-0.39, 0.29) is 16.8 Å². The van der Waals surface area contributed by atoms with Crippen molar-refractivity contribution in [3.05, 3.63) is 39.3 Å². The van der Waals surface area contributed by atoms with Crippen LogP contribution in [0.1, 0.15) is 23.2 Å². The Morgan fingerprint density at radius 1 is 1.47 bits per heavy atom. The van der Waals surface area contributed by atoms with Gasteiger partial charge in [0.05, 0.1) is 11.0 Å². The highest BCUT2D eigenvalue weighted by Gasteiger charge is 2.18. The average molecular weight is 303 g/mol. The molecular formula is C11H9BrF2N2O. The van der Waals surface area contributed by atoms with Crippen LogP contribution in [0.3, 0.4) is 0 Å². The topological polar surface area (TPSA) is 45.8 Å². The fraction of sp³-hybridized carbons (Fsp3) is 0.273. The SMILES string of the molecule is Cc1nc2ccc(CBr)c(C(F)F)c2[nH]c1=O. The molecule has 0 aliphatic heterocycles. The molecule has 1 aromatic heterocycles. The Hall–Kier alpha value is -1.30. The van der Waals surface area contributed by atoms with Crippen LogP contribution in [0.2, 0.25) is 0 Å². The molecule has 6 heteroatoms. The van der Waals surface area contributed by atoms with Crippen LogP contribution in [0.5, 0.6) is 0 Å². The summed E-state index contributed by atoms with van der Waals surface area (Å²) < 4.78 is 26.0. The number of nitrogens with zero attached hydrogens (tertiary/aromatic N) is 1. The van der Waals surface area contributed by atoms with E-state index in [1.54, 1.807) is 19.1 Å². The third-order valence-electron chi connectivity index (χ3n) is 2.53. The second kappa shape index (κ2) is 4.52. The predicted octanol–water partition coefficient (Wildman–Crippen LogP) is 3.06. The Morgan fingerprint density at radius 3 is 2.76 bits per heavy atom. The van der Waals surface area contributed by atoms with Crippen LogP contribution in [0, 0.1) is 6.92 Å². The number of aromatic nitrogens is 2. The van der Waals surface area contributed by atoms with Gasteiger partial charge in [0, 0.05) is 10.9 Å². The van der Waals surface area contributed by atoms with Crippen molar-refractivity contribution in [1.29, 1.82) is 0 Å². The van der Waals surface area contributed by atoms with Gasteiger partial charge in [-0.05, 0) is 18.6 Å². The first-order valence-electron chi connectivity index (χ1n) is 4.91. The molecular weight excluding hydrogens is 294 g/mol. The zero-order valence-corrected chi connectivity index (χ0v) is 10.5. The molecule has 0 fully saturated rings. The van der Waals surface area contributed by atoms with E-state index >= 15 is 0 Å². The van der Waals surface area contributed by atoms with Crippen molar-refractivity contribution in [3.63, 3.8) is 0 Å². The summed E-state index contributed by atoms with van der Waals surface area (Å²) in [6, 6.07) is 3.21. The van der Waals surface area contributed by atoms with Crippen molar-refractivity contribution < 1.29 is 8.78 Å². The maximum absolute atomic E-state index is 13.0. The Kier molecular flexibility index (Phi) is 3.24. The number of rotatable bonds is 2. The van der Waals surface area contributed by atoms with E-state index < -0.39 is 12.0 Å². The smallest absolute Gasteiger partial charge is 0.269 e. The van der Waals surface area contributed by atoms with Crippen LogP contribution in [0.4, 0.5) is 8.78 Å². The molecule has 0 bridgehead atoms. The Bertz CT molecular complexity index is 625. The van der Waals surface area contributed by atoms with Gasteiger partial charge in [-0.15, -0.1) is 0 Å². The van der Waals surface area contributed by atoms with Gasteiger partial charge >= 0.3 is 0 Å². The Morgan fingerprint density at radius 2 is 2.18 bits per heavy atom. The van der Waals surface area contributed by atoms with Crippen molar-refractivity contribution in [2.45, 2.75) is 18.7 Å². The summed E-state index contributed by atoms with van der Waals surface area (Å²) in [6.45, 7) is 1.54. The van der Waals surface area contributed by atoms with E-state index in [1.165, 1.54) is 0 Å². The molecule has 2 aromatic rings. The predicted molar refractivity (Wildman–Crippen MR) is 64.7 cm³/mol. The number of halogens is 3. The Labute approximate surface area is 104 Å². The lowest BCUT2D eigenvalue weighted by Gasteiger charge is -2.10. The van der Waals surface area contributed by atoms with Crippen molar-refractivity contribution >= 4 is 27.0 Å². The second-order valence-electron chi connectivity index (χ2n) is 3.62. The zero-order chi connectivity index (χ0) is 12.6. The fourth-order valence-electron chi connectivity index (χ4n) is 1.68. The third kappa shape index (κ3) is 2.09. The van der Waals surface area contributed by atoms with Gasteiger partial charge in [-0.2, -0.15) is 0 Å². The molecule has 0 radical (unpaired) electrons. The monoisotopic (exact) mass is 302 g/mol. The van der Waals surface area contributed by atoms with Crippen molar-refractivity contribution in [2.75, 3.05) is 0 Å². The summed E-state index contributed by atoms with van der Waals surface area (Å²) in [4.78, 5) is 17.9. The number of nitrogens with one attached hydrogen (secondary N) is 1. The van der Waals surface area contributed by atoms with E-state index in [4.69, 9.17) is 0 Å². The molecule has 0 amide bonds. The molecule has 2 rings (SSSR count). The fourth-order valence-corrected chi connectivity index (χ4v) is 2.17. The molecule has 0 aliphatic carbocycles. The van der Waals surface area contributed by atoms with Crippen LogP contribution in [-0.4, -0.2) is 9.97 Å². The lowest BCUT2D eigenvalue weighted by Crippen LogP contribution is -2.13. The van der Waals surface area contributed by atoms with Gasteiger partial charge in [0.2, 0.25) is 0 Å². The van der Waals surface area contributed by atoms with Gasteiger partial charge in [-0.3, -0.25) is 4.79 Å². The lowest BCUT2D eigenvalue weighted by atomic mass is 10.1. The van der Waals surface area contributed by atoms with E-state index in [0.29, 0.717) is 16.4 Å². The number of fused-ring (bicyclic) bond motifs is 1. The molecule has 90 valence electrons. The zero-order valence-electron chi connectivity index (χ0n) is 8.93. The molecule has 0 aliphatic rings. The molecule has 0 unspecified atom stereocenters. The van der Waals surface area contributed by atoms with Crippen LogP contribution in [-0.2, 0) is 5.33 Å². The van der Waals surface area contributed by atoms with Gasteiger partial charge in [0.25, 0.3) is 12.0 Å². The highest BCUT2D eigenvalue weighted by atomic mass is 79.9. The van der Waals surface area contributed by atoms with Gasteiger partial charge < -0.3 is 4.98 Å². The third-order valence-corrected chi connectivity index (χ3v) is 3.14. The first kappa shape index (κ1) is 12.2. The van der Waals surface area contributed by atoms with E-state index in [1.807, 2.05) is 0 Å². The maximum Gasteiger partial charge on any atom is 0.269 e. The van der Waals surface area contributed by atoms with Crippen LogP contribution < -0.4 is 5.56 Å². The standard InChI is InChI=1S/C11H9BrF2N2O/c1-5-11(17)16-9-7(15-5)3-2-6(4-12)8(9)10(13)14/h2-3,10H,4H2,1H3,(H,16,17). The molecule has 1 aromatic carbocycles. The minimum atomic E-state index is -2.65. The quantitative estimate of drug-likeness (QED) is 0.867. The molecule has 0 saturated heterocycles. The number of benzene rings is 1. The minimum absolute atomic E-state index is 0.118. The van der Waals surface area contributed by atoms with E-state index in [0.717, 1.165) is 0 Å².